The van der Waals surface area contributed by atoms with Crippen LogP contribution < -0.4 is 5.32 Å². The molecule has 0 unspecified atom stereocenters. The van der Waals surface area contributed by atoms with Gasteiger partial charge in [-0.2, -0.15) is 0 Å². The first-order valence-electron chi connectivity index (χ1n) is 10.1. The van der Waals surface area contributed by atoms with E-state index in [-0.39, 0.29) is 17.4 Å². The van der Waals surface area contributed by atoms with E-state index in [1.165, 1.54) is 5.56 Å². The first kappa shape index (κ1) is 24.5. The van der Waals surface area contributed by atoms with E-state index < -0.39 is 6.04 Å². The van der Waals surface area contributed by atoms with Crippen molar-refractivity contribution in [2.75, 3.05) is 12.3 Å². The summed E-state index contributed by atoms with van der Waals surface area (Å²) < 4.78 is 1.04. The standard InChI is InChI=1S/C24H31BrN2O2S/c1-18(23(29)26-24(2,3)4)27(15-14-19-8-6-5-7-9-19)22(28)17-30-16-20-10-12-21(25)13-11-20/h5-13,18H,14-17H2,1-4H3,(H,26,29)/t18-/m1/s1. The van der Waals surface area contributed by atoms with Gasteiger partial charge in [-0.05, 0) is 57.4 Å². The molecule has 2 amide bonds. The van der Waals surface area contributed by atoms with Crippen LogP contribution in [0, 0.1) is 0 Å². The molecule has 2 rings (SSSR count). The van der Waals surface area contributed by atoms with Crippen LogP contribution in [0.3, 0.4) is 0 Å². The first-order chi connectivity index (χ1) is 14.2. The summed E-state index contributed by atoms with van der Waals surface area (Å²) in [5, 5.41) is 3.00. The summed E-state index contributed by atoms with van der Waals surface area (Å²) in [6.45, 7) is 8.16. The molecule has 30 heavy (non-hydrogen) atoms. The number of carbonyl (C=O) groups excluding carboxylic acids is 2. The lowest BCUT2D eigenvalue weighted by Gasteiger charge is -2.31. The van der Waals surface area contributed by atoms with Gasteiger partial charge in [-0.25, -0.2) is 0 Å². The average Bonchev–Trinajstić information content (AvgIpc) is 2.69. The van der Waals surface area contributed by atoms with Crippen LogP contribution in [0.15, 0.2) is 59.1 Å². The summed E-state index contributed by atoms with van der Waals surface area (Å²) >= 11 is 5.01. The molecular formula is C24H31BrN2O2S. The van der Waals surface area contributed by atoms with Gasteiger partial charge in [0.25, 0.3) is 0 Å². The Labute approximate surface area is 192 Å². The van der Waals surface area contributed by atoms with Crippen molar-refractivity contribution in [3.8, 4) is 0 Å². The molecule has 0 fully saturated rings. The summed E-state index contributed by atoms with van der Waals surface area (Å²) in [5.74, 6) is 0.970. The predicted octanol–water partition coefficient (Wildman–Crippen LogP) is 5.06. The van der Waals surface area contributed by atoms with Gasteiger partial charge < -0.3 is 10.2 Å². The number of hydrogen-bond acceptors (Lipinski definition) is 3. The molecule has 0 spiro atoms. The maximum absolute atomic E-state index is 13.0. The van der Waals surface area contributed by atoms with Gasteiger partial charge in [0.2, 0.25) is 11.8 Å². The molecule has 2 aromatic rings. The van der Waals surface area contributed by atoms with Crippen LogP contribution in [0.25, 0.3) is 0 Å². The SMILES string of the molecule is C[C@H](C(=O)NC(C)(C)C)N(CCc1ccccc1)C(=O)CSCc1ccc(Br)cc1. The number of nitrogens with one attached hydrogen (secondary N) is 1. The van der Waals surface area contributed by atoms with Crippen LogP contribution >= 0.6 is 27.7 Å². The van der Waals surface area contributed by atoms with Crippen molar-refractivity contribution < 1.29 is 9.59 Å². The van der Waals surface area contributed by atoms with Crippen molar-refractivity contribution in [2.24, 2.45) is 0 Å². The number of carbonyl (C=O) groups is 2. The molecular weight excluding hydrogens is 460 g/mol. The van der Waals surface area contributed by atoms with Crippen LogP contribution in [0.4, 0.5) is 0 Å². The van der Waals surface area contributed by atoms with E-state index in [2.05, 4.69) is 21.2 Å². The number of benzene rings is 2. The number of hydrogen-bond donors (Lipinski definition) is 1. The monoisotopic (exact) mass is 490 g/mol. The number of rotatable bonds is 9. The Morgan fingerprint density at radius 3 is 2.27 bits per heavy atom. The van der Waals surface area contributed by atoms with Crippen molar-refractivity contribution in [1.29, 1.82) is 0 Å². The molecule has 0 aromatic heterocycles. The Balaban J connectivity index is 2.01. The maximum atomic E-state index is 13.0. The minimum Gasteiger partial charge on any atom is -0.350 e. The smallest absolute Gasteiger partial charge is 0.242 e. The van der Waals surface area contributed by atoms with Gasteiger partial charge in [0.05, 0.1) is 5.75 Å². The van der Waals surface area contributed by atoms with Gasteiger partial charge in [-0.1, -0.05) is 58.4 Å². The van der Waals surface area contributed by atoms with Crippen LogP contribution in [-0.4, -0.2) is 40.6 Å². The highest BCUT2D eigenvalue weighted by Gasteiger charge is 2.27. The second kappa shape index (κ2) is 11.6. The van der Waals surface area contributed by atoms with Crippen molar-refractivity contribution in [3.63, 3.8) is 0 Å². The molecule has 0 heterocycles. The molecule has 162 valence electrons. The topological polar surface area (TPSA) is 49.4 Å². The molecule has 6 heteroatoms. The molecule has 0 aliphatic carbocycles. The zero-order chi connectivity index (χ0) is 22.1. The van der Waals surface area contributed by atoms with Crippen molar-refractivity contribution >= 4 is 39.5 Å². The summed E-state index contributed by atoms with van der Waals surface area (Å²) in [6, 6.07) is 17.6. The first-order valence-corrected chi connectivity index (χ1v) is 12.1. The Bertz CT molecular complexity index is 819. The van der Waals surface area contributed by atoms with Crippen LogP contribution in [0.1, 0.15) is 38.8 Å². The third-order valence-corrected chi connectivity index (χ3v) is 6.07. The van der Waals surface area contributed by atoms with Crippen molar-refractivity contribution in [3.05, 3.63) is 70.2 Å². The largest absolute Gasteiger partial charge is 0.350 e. The molecule has 0 saturated carbocycles. The number of thioether (sulfide) groups is 1. The number of nitrogens with zero attached hydrogens (tertiary/aromatic N) is 1. The Morgan fingerprint density at radius 2 is 1.67 bits per heavy atom. The molecule has 0 radical (unpaired) electrons. The third-order valence-electron chi connectivity index (χ3n) is 4.56. The van der Waals surface area contributed by atoms with E-state index in [0.29, 0.717) is 12.3 Å². The highest BCUT2D eigenvalue weighted by molar-refractivity contribution is 9.10. The lowest BCUT2D eigenvalue weighted by Crippen LogP contribution is -2.53. The van der Waals surface area contributed by atoms with Crippen LogP contribution in [0.5, 0.6) is 0 Å². The van der Waals surface area contributed by atoms with E-state index in [1.54, 1.807) is 16.7 Å². The molecule has 0 saturated heterocycles. The highest BCUT2D eigenvalue weighted by atomic mass is 79.9. The Hall–Kier alpha value is -1.79. The summed E-state index contributed by atoms with van der Waals surface area (Å²) in [7, 11) is 0. The second-order valence-electron chi connectivity index (χ2n) is 8.36. The normalized spacial score (nSPS) is 12.3. The zero-order valence-corrected chi connectivity index (χ0v) is 20.6. The highest BCUT2D eigenvalue weighted by Crippen LogP contribution is 2.17. The van der Waals surface area contributed by atoms with E-state index in [0.717, 1.165) is 22.2 Å². The summed E-state index contributed by atoms with van der Waals surface area (Å²) in [5.41, 5.74) is 1.99. The Kier molecular flexibility index (Phi) is 9.43. The quantitative estimate of drug-likeness (QED) is 0.534. The number of amides is 2. The predicted molar refractivity (Wildman–Crippen MR) is 130 cm³/mol. The fourth-order valence-corrected chi connectivity index (χ4v) is 4.10. The molecule has 2 aromatic carbocycles. The van der Waals surface area contributed by atoms with E-state index in [1.807, 2.05) is 82.3 Å². The summed E-state index contributed by atoms with van der Waals surface area (Å²) in [4.78, 5) is 27.5. The molecule has 0 bridgehead atoms. The van der Waals surface area contributed by atoms with Crippen LogP contribution in [0.2, 0.25) is 0 Å². The van der Waals surface area contributed by atoms with Gasteiger partial charge in [0.15, 0.2) is 0 Å². The lowest BCUT2D eigenvalue weighted by atomic mass is 10.1. The van der Waals surface area contributed by atoms with Crippen molar-refractivity contribution in [2.45, 2.75) is 51.4 Å². The molecule has 4 nitrogen and oxygen atoms in total. The van der Waals surface area contributed by atoms with Gasteiger partial charge in [-0.15, -0.1) is 11.8 Å². The third kappa shape index (κ3) is 8.52. The van der Waals surface area contributed by atoms with Crippen LogP contribution in [-0.2, 0) is 21.8 Å². The number of halogens is 1. The minimum absolute atomic E-state index is 0.00963. The van der Waals surface area contributed by atoms with E-state index >= 15 is 0 Å². The average molecular weight is 491 g/mol. The molecule has 0 aliphatic rings. The van der Waals surface area contributed by atoms with Gasteiger partial charge in [0, 0.05) is 22.3 Å². The molecule has 1 atom stereocenters. The van der Waals surface area contributed by atoms with Gasteiger partial charge in [-0.3, -0.25) is 9.59 Å². The minimum atomic E-state index is -0.520. The van der Waals surface area contributed by atoms with Crippen molar-refractivity contribution in [1.82, 2.24) is 10.2 Å². The van der Waals surface area contributed by atoms with E-state index in [9.17, 15) is 9.59 Å². The fourth-order valence-electron chi connectivity index (χ4n) is 2.96. The fraction of sp³-hybridized carbons (Fsp3) is 0.417. The Morgan fingerprint density at radius 1 is 1.03 bits per heavy atom. The second-order valence-corrected chi connectivity index (χ2v) is 10.3. The maximum Gasteiger partial charge on any atom is 0.242 e. The summed E-state index contributed by atoms with van der Waals surface area (Å²) in [6.07, 6.45) is 0.719. The molecule has 1 N–H and O–H groups in total. The zero-order valence-electron chi connectivity index (χ0n) is 18.2. The molecule has 0 aliphatic heterocycles. The lowest BCUT2D eigenvalue weighted by molar-refractivity contribution is -0.138. The van der Waals surface area contributed by atoms with E-state index in [4.69, 9.17) is 0 Å². The van der Waals surface area contributed by atoms with Gasteiger partial charge in [0.1, 0.15) is 6.04 Å². The van der Waals surface area contributed by atoms with Gasteiger partial charge >= 0.3 is 0 Å².